The van der Waals surface area contributed by atoms with Gasteiger partial charge in [0.2, 0.25) is 0 Å². The average molecular weight is 260 g/mol. The number of hydrogen-bond acceptors (Lipinski definition) is 4. The molecule has 1 aromatic rings. The Kier molecular flexibility index (Phi) is 5.05. The van der Waals surface area contributed by atoms with Gasteiger partial charge in [-0.2, -0.15) is 0 Å². The fraction of sp³-hybridized carbons (Fsp3) is 0.500. The third-order valence-corrected chi connectivity index (χ3v) is 3.10. The van der Waals surface area contributed by atoms with E-state index in [0.29, 0.717) is 28.5 Å². The molecule has 4 nitrogen and oxygen atoms in total. The van der Waals surface area contributed by atoms with Crippen molar-refractivity contribution >= 4 is 11.6 Å². The third kappa shape index (κ3) is 2.83. The predicted octanol–water partition coefficient (Wildman–Crippen LogP) is 2.13. The molecule has 3 N–H and O–H groups in total. The van der Waals surface area contributed by atoms with Crippen molar-refractivity contribution in [1.82, 2.24) is 0 Å². The summed E-state index contributed by atoms with van der Waals surface area (Å²) in [6.07, 6.45) is -0.0724. The Labute approximate surface area is 106 Å². The van der Waals surface area contributed by atoms with Crippen LogP contribution in [0.5, 0.6) is 11.5 Å². The minimum absolute atomic E-state index is 0.381. The highest BCUT2D eigenvalue weighted by molar-refractivity contribution is 6.33. The highest BCUT2D eigenvalue weighted by Crippen LogP contribution is 2.39. The van der Waals surface area contributed by atoms with Crippen molar-refractivity contribution < 1.29 is 14.6 Å². The van der Waals surface area contributed by atoms with E-state index in [-0.39, 0.29) is 0 Å². The SMILES string of the molecule is CC[C@@H](O)[C@@H](N)c1ccc(OC)c(OC)c1Cl. The summed E-state index contributed by atoms with van der Waals surface area (Å²) >= 11 is 6.19. The highest BCUT2D eigenvalue weighted by Gasteiger charge is 2.21. The Morgan fingerprint density at radius 2 is 2.00 bits per heavy atom. The zero-order valence-electron chi connectivity index (χ0n) is 10.2. The number of methoxy groups -OCH3 is 2. The normalized spacial score (nSPS) is 14.2. The van der Waals surface area contributed by atoms with Crippen LogP contribution in [-0.2, 0) is 0 Å². The Morgan fingerprint density at radius 3 is 2.47 bits per heavy atom. The molecule has 0 saturated carbocycles. The quantitative estimate of drug-likeness (QED) is 0.850. The monoisotopic (exact) mass is 259 g/mol. The lowest BCUT2D eigenvalue weighted by Crippen LogP contribution is -2.25. The first-order valence-electron chi connectivity index (χ1n) is 5.40. The first kappa shape index (κ1) is 14.1. The molecule has 0 unspecified atom stereocenters. The lowest BCUT2D eigenvalue weighted by Gasteiger charge is -2.20. The molecule has 0 heterocycles. The van der Waals surface area contributed by atoms with Crippen LogP contribution >= 0.6 is 11.6 Å². The molecule has 0 amide bonds. The van der Waals surface area contributed by atoms with Crippen LogP contribution in [0.2, 0.25) is 5.02 Å². The van der Waals surface area contributed by atoms with Gasteiger partial charge in [-0.15, -0.1) is 0 Å². The van der Waals surface area contributed by atoms with Gasteiger partial charge in [0, 0.05) is 0 Å². The van der Waals surface area contributed by atoms with Gasteiger partial charge < -0.3 is 20.3 Å². The highest BCUT2D eigenvalue weighted by atomic mass is 35.5. The number of benzene rings is 1. The van der Waals surface area contributed by atoms with Crippen LogP contribution in [0.3, 0.4) is 0 Å². The maximum atomic E-state index is 9.74. The van der Waals surface area contributed by atoms with Crippen molar-refractivity contribution in [1.29, 1.82) is 0 Å². The number of rotatable bonds is 5. The molecule has 0 aromatic heterocycles. The van der Waals surface area contributed by atoms with Gasteiger partial charge in [-0.05, 0) is 18.1 Å². The molecule has 5 heteroatoms. The molecule has 1 rings (SSSR count). The third-order valence-electron chi connectivity index (χ3n) is 2.71. The Bertz CT molecular complexity index is 384. The zero-order chi connectivity index (χ0) is 13.0. The summed E-state index contributed by atoms with van der Waals surface area (Å²) in [5, 5.41) is 10.1. The lowest BCUT2D eigenvalue weighted by molar-refractivity contribution is 0.140. The summed E-state index contributed by atoms with van der Waals surface area (Å²) in [6, 6.07) is 2.93. The first-order chi connectivity index (χ1) is 8.06. The molecule has 0 bridgehead atoms. The molecular weight excluding hydrogens is 242 g/mol. The van der Waals surface area contributed by atoms with Gasteiger partial charge in [-0.3, -0.25) is 0 Å². The van der Waals surface area contributed by atoms with E-state index >= 15 is 0 Å². The number of aliphatic hydroxyl groups excluding tert-OH is 1. The van der Waals surface area contributed by atoms with Crippen LogP contribution in [0.4, 0.5) is 0 Å². The zero-order valence-corrected chi connectivity index (χ0v) is 11.0. The van der Waals surface area contributed by atoms with Crippen molar-refractivity contribution in [2.45, 2.75) is 25.5 Å². The van der Waals surface area contributed by atoms with Gasteiger partial charge in [0.05, 0.1) is 31.4 Å². The molecule has 2 atom stereocenters. The standard InChI is InChI=1S/C12H18ClNO3/c1-4-8(15)11(14)7-5-6-9(16-2)12(17-3)10(7)13/h5-6,8,11,15H,4,14H2,1-3H3/t8-,11+/m1/s1. The Hall–Kier alpha value is -0.970. The Morgan fingerprint density at radius 1 is 1.35 bits per heavy atom. The van der Waals surface area contributed by atoms with E-state index in [4.69, 9.17) is 26.8 Å². The molecule has 0 saturated heterocycles. The molecule has 0 fully saturated rings. The first-order valence-corrected chi connectivity index (χ1v) is 5.78. The molecule has 0 aliphatic heterocycles. The summed E-state index contributed by atoms with van der Waals surface area (Å²) in [4.78, 5) is 0. The minimum atomic E-state index is -0.634. The molecule has 0 aliphatic carbocycles. The van der Waals surface area contributed by atoms with E-state index in [0.717, 1.165) is 0 Å². The number of aliphatic hydroxyl groups is 1. The summed E-state index contributed by atoms with van der Waals surface area (Å²) < 4.78 is 10.3. The number of nitrogens with two attached hydrogens (primary N) is 1. The molecule has 0 spiro atoms. The van der Waals surface area contributed by atoms with Gasteiger partial charge in [-0.1, -0.05) is 24.6 Å². The summed E-state index contributed by atoms with van der Waals surface area (Å²) in [6.45, 7) is 1.86. The van der Waals surface area contributed by atoms with E-state index in [1.165, 1.54) is 14.2 Å². The van der Waals surface area contributed by atoms with Gasteiger partial charge in [0.25, 0.3) is 0 Å². The maximum absolute atomic E-state index is 9.74. The molecule has 0 radical (unpaired) electrons. The van der Waals surface area contributed by atoms with E-state index in [2.05, 4.69) is 0 Å². The van der Waals surface area contributed by atoms with Gasteiger partial charge in [0.15, 0.2) is 11.5 Å². The fourth-order valence-electron chi connectivity index (χ4n) is 1.62. The molecule has 0 aliphatic rings. The van der Waals surface area contributed by atoms with Crippen molar-refractivity contribution in [2.24, 2.45) is 5.73 Å². The molecule has 1 aromatic carbocycles. The van der Waals surface area contributed by atoms with Crippen molar-refractivity contribution in [2.75, 3.05) is 14.2 Å². The van der Waals surface area contributed by atoms with Gasteiger partial charge in [-0.25, -0.2) is 0 Å². The number of hydrogen-bond donors (Lipinski definition) is 2. The second kappa shape index (κ2) is 6.10. The topological polar surface area (TPSA) is 64.7 Å². The minimum Gasteiger partial charge on any atom is -0.493 e. The van der Waals surface area contributed by atoms with Crippen LogP contribution in [0.15, 0.2) is 12.1 Å². The van der Waals surface area contributed by atoms with E-state index in [9.17, 15) is 5.11 Å². The van der Waals surface area contributed by atoms with Crippen LogP contribution in [0.1, 0.15) is 24.9 Å². The van der Waals surface area contributed by atoms with Crippen LogP contribution in [0.25, 0.3) is 0 Å². The largest absolute Gasteiger partial charge is 0.493 e. The second-order valence-electron chi connectivity index (χ2n) is 3.71. The lowest BCUT2D eigenvalue weighted by atomic mass is 10.00. The summed E-state index contributed by atoms with van der Waals surface area (Å²) in [5.74, 6) is 0.977. The van der Waals surface area contributed by atoms with Crippen molar-refractivity contribution in [3.63, 3.8) is 0 Å². The number of halogens is 1. The predicted molar refractivity (Wildman–Crippen MR) is 67.8 cm³/mol. The van der Waals surface area contributed by atoms with E-state index < -0.39 is 12.1 Å². The van der Waals surface area contributed by atoms with Crippen LogP contribution < -0.4 is 15.2 Å². The van der Waals surface area contributed by atoms with E-state index in [1.54, 1.807) is 12.1 Å². The van der Waals surface area contributed by atoms with Crippen LogP contribution in [-0.4, -0.2) is 25.4 Å². The van der Waals surface area contributed by atoms with Crippen LogP contribution in [0, 0.1) is 0 Å². The van der Waals surface area contributed by atoms with Gasteiger partial charge >= 0.3 is 0 Å². The summed E-state index contributed by atoms with van der Waals surface area (Å²) in [5.41, 5.74) is 6.59. The van der Waals surface area contributed by atoms with Crippen molar-refractivity contribution in [3.05, 3.63) is 22.7 Å². The van der Waals surface area contributed by atoms with E-state index in [1.807, 2.05) is 6.92 Å². The molecular formula is C12H18ClNO3. The van der Waals surface area contributed by atoms with Gasteiger partial charge in [0.1, 0.15) is 0 Å². The average Bonchev–Trinajstić information content (AvgIpc) is 2.36. The fourth-order valence-corrected chi connectivity index (χ4v) is 1.98. The Balaban J connectivity index is 3.18. The number of ether oxygens (including phenoxy) is 2. The van der Waals surface area contributed by atoms with Crippen molar-refractivity contribution in [3.8, 4) is 11.5 Å². The smallest absolute Gasteiger partial charge is 0.179 e. The second-order valence-corrected chi connectivity index (χ2v) is 4.08. The molecule has 96 valence electrons. The maximum Gasteiger partial charge on any atom is 0.179 e. The summed E-state index contributed by atoms with van der Waals surface area (Å²) in [7, 11) is 3.05. The molecule has 17 heavy (non-hydrogen) atoms.